The van der Waals surface area contributed by atoms with E-state index in [1.54, 1.807) is 0 Å². The van der Waals surface area contributed by atoms with Crippen LogP contribution in [0.25, 0.3) is 0 Å². The second kappa shape index (κ2) is 3.03. The average Bonchev–Trinajstić information content (AvgIpc) is 2.43. The van der Waals surface area contributed by atoms with E-state index in [1.807, 2.05) is 6.92 Å². The van der Waals surface area contributed by atoms with Crippen molar-refractivity contribution in [3.63, 3.8) is 0 Å². The molecule has 0 N–H and O–H groups in total. The highest BCUT2D eigenvalue weighted by Gasteiger charge is 2.53. The van der Waals surface area contributed by atoms with Crippen LogP contribution in [0, 0.1) is 5.92 Å². The van der Waals surface area contributed by atoms with Crippen LogP contribution in [0.5, 0.6) is 0 Å². The van der Waals surface area contributed by atoms with E-state index in [2.05, 4.69) is 4.90 Å². The Morgan fingerprint density at radius 1 is 1.43 bits per heavy atom. The van der Waals surface area contributed by atoms with Gasteiger partial charge in [0.25, 0.3) is 0 Å². The fourth-order valence-corrected chi connectivity index (χ4v) is 4.61. The predicted octanol–water partition coefficient (Wildman–Crippen LogP) is 0.576. The van der Waals surface area contributed by atoms with Crippen LogP contribution in [0.3, 0.4) is 0 Å². The quantitative estimate of drug-likeness (QED) is 0.592. The highest BCUT2D eigenvalue weighted by Crippen LogP contribution is 2.43. The number of hydrogen-bond donors (Lipinski definition) is 0. The smallest absolute Gasteiger partial charge is 0.130 e. The largest absolute Gasteiger partial charge is 0.356 e. The minimum Gasteiger partial charge on any atom is -0.356 e. The summed E-state index contributed by atoms with van der Waals surface area (Å²) in [5.41, 5.74) is -0.0867. The number of fused-ring (bicyclic) bond motifs is 2. The van der Waals surface area contributed by atoms with Crippen molar-refractivity contribution in [2.75, 3.05) is 25.4 Å². The maximum Gasteiger partial charge on any atom is 0.130 e. The topological polar surface area (TPSA) is 29.5 Å². The Bertz CT molecular complexity index is 275. The van der Waals surface area contributed by atoms with E-state index in [9.17, 15) is 4.21 Å². The molecule has 4 rings (SSSR count). The molecule has 3 nitrogen and oxygen atoms in total. The first-order valence-electron chi connectivity index (χ1n) is 5.47. The molecule has 0 aromatic carbocycles. The van der Waals surface area contributed by atoms with Crippen molar-refractivity contribution < 1.29 is 8.95 Å². The lowest BCUT2D eigenvalue weighted by molar-refractivity contribution is -0.133. The fourth-order valence-electron chi connectivity index (χ4n) is 3.20. The van der Waals surface area contributed by atoms with E-state index >= 15 is 0 Å². The van der Waals surface area contributed by atoms with Crippen molar-refractivity contribution in [3.8, 4) is 0 Å². The maximum absolute atomic E-state index is 11.7. The molecule has 0 aromatic heterocycles. The van der Waals surface area contributed by atoms with E-state index < -0.39 is 10.8 Å². The normalized spacial score (nSPS) is 56.9. The van der Waals surface area contributed by atoms with E-state index in [0.29, 0.717) is 5.92 Å². The van der Waals surface area contributed by atoms with Crippen molar-refractivity contribution in [1.29, 1.82) is 0 Å². The van der Waals surface area contributed by atoms with Crippen molar-refractivity contribution >= 4 is 10.8 Å². The molecule has 0 aliphatic carbocycles. The first kappa shape index (κ1) is 9.31. The lowest BCUT2D eigenvalue weighted by atomic mass is 9.76. The van der Waals surface area contributed by atoms with Crippen molar-refractivity contribution in [2.24, 2.45) is 5.92 Å². The molecule has 4 fully saturated rings. The van der Waals surface area contributed by atoms with Crippen molar-refractivity contribution in [1.82, 2.24) is 4.90 Å². The lowest BCUT2D eigenvalue weighted by Crippen LogP contribution is -2.60. The van der Waals surface area contributed by atoms with Gasteiger partial charge in [-0.1, -0.05) is 0 Å². The van der Waals surface area contributed by atoms with Gasteiger partial charge < -0.3 is 9.64 Å². The zero-order valence-electron chi connectivity index (χ0n) is 8.57. The molecule has 0 amide bonds. The Hall–Kier alpha value is 0.0700. The average molecular weight is 215 g/mol. The minimum absolute atomic E-state index is 0.0409. The van der Waals surface area contributed by atoms with Crippen LogP contribution in [-0.4, -0.2) is 45.5 Å². The van der Waals surface area contributed by atoms with Gasteiger partial charge in [-0.05, 0) is 38.8 Å². The van der Waals surface area contributed by atoms with Crippen LogP contribution in [0.2, 0.25) is 0 Å². The molecule has 0 saturated carbocycles. The molecule has 4 heterocycles. The van der Waals surface area contributed by atoms with Gasteiger partial charge in [0.05, 0.1) is 22.2 Å². The third-order valence-corrected chi connectivity index (χ3v) is 5.59. The third-order valence-electron chi connectivity index (χ3n) is 3.98. The number of hydrogen-bond acceptors (Lipinski definition) is 3. The van der Waals surface area contributed by atoms with Crippen LogP contribution in [0.4, 0.5) is 0 Å². The highest BCUT2D eigenvalue weighted by atomic mass is 32.2. The van der Waals surface area contributed by atoms with Crippen LogP contribution < -0.4 is 0 Å². The van der Waals surface area contributed by atoms with Gasteiger partial charge in [-0.15, -0.1) is 0 Å². The first-order chi connectivity index (χ1) is 6.70. The SMILES string of the molecule is C[C@@H]1O[C@@]2(CN3CCC2CC3)C[S@]1=O. The van der Waals surface area contributed by atoms with Gasteiger partial charge >= 0.3 is 0 Å². The van der Waals surface area contributed by atoms with E-state index in [1.165, 1.54) is 25.9 Å². The van der Waals surface area contributed by atoms with Gasteiger partial charge in [-0.3, -0.25) is 4.21 Å². The molecule has 4 aliphatic heterocycles. The second-order valence-electron chi connectivity index (χ2n) is 4.83. The molecule has 14 heavy (non-hydrogen) atoms. The summed E-state index contributed by atoms with van der Waals surface area (Å²) in [6.07, 6.45) is 2.48. The summed E-state index contributed by atoms with van der Waals surface area (Å²) < 4.78 is 17.7. The number of nitrogens with zero attached hydrogens (tertiary/aromatic N) is 1. The maximum atomic E-state index is 11.7. The molecule has 3 atom stereocenters. The Labute approximate surface area is 87.3 Å². The van der Waals surface area contributed by atoms with Crippen LogP contribution >= 0.6 is 0 Å². The molecule has 2 bridgehead atoms. The van der Waals surface area contributed by atoms with E-state index in [-0.39, 0.29) is 11.0 Å². The molecular weight excluding hydrogens is 198 g/mol. The number of rotatable bonds is 0. The Kier molecular flexibility index (Phi) is 2.01. The van der Waals surface area contributed by atoms with Gasteiger partial charge in [0.2, 0.25) is 0 Å². The van der Waals surface area contributed by atoms with Gasteiger partial charge in [0, 0.05) is 6.54 Å². The zero-order chi connectivity index (χ0) is 9.76. The van der Waals surface area contributed by atoms with Gasteiger partial charge in [-0.2, -0.15) is 0 Å². The molecule has 4 saturated heterocycles. The Balaban J connectivity index is 1.87. The summed E-state index contributed by atoms with van der Waals surface area (Å²) in [5, 5.41) is 0. The summed E-state index contributed by atoms with van der Waals surface area (Å²) in [7, 11) is -0.755. The monoisotopic (exact) mass is 215 g/mol. The van der Waals surface area contributed by atoms with Crippen molar-refractivity contribution in [2.45, 2.75) is 30.8 Å². The van der Waals surface area contributed by atoms with Crippen LogP contribution in [0.15, 0.2) is 0 Å². The molecule has 4 heteroatoms. The van der Waals surface area contributed by atoms with Gasteiger partial charge in [0.15, 0.2) is 0 Å². The van der Waals surface area contributed by atoms with Crippen LogP contribution in [0.1, 0.15) is 19.8 Å². The standard InChI is InChI=1S/C10H17NO2S/c1-8-13-10(7-14(8)12)6-11-4-2-9(10)3-5-11/h8-9H,2-7H2,1H3/t8-,10+,14-/m1/s1. The molecule has 0 radical (unpaired) electrons. The summed E-state index contributed by atoms with van der Waals surface area (Å²) in [6, 6.07) is 0. The molecule has 4 aliphatic rings. The van der Waals surface area contributed by atoms with Crippen LogP contribution in [-0.2, 0) is 15.5 Å². The van der Waals surface area contributed by atoms with E-state index in [0.717, 1.165) is 12.3 Å². The Morgan fingerprint density at radius 3 is 2.57 bits per heavy atom. The summed E-state index contributed by atoms with van der Waals surface area (Å²) in [5.74, 6) is 1.44. The predicted molar refractivity (Wildman–Crippen MR) is 55.5 cm³/mol. The second-order valence-corrected chi connectivity index (χ2v) is 6.54. The zero-order valence-corrected chi connectivity index (χ0v) is 9.39. The molecule has 80 valence electrons. The number of piperidine rings is 3. The molecule has 0 unspecified atom stereocenters. The highest BCUT2D eigenvalue weighted by molar-refractivity contribution is 7.85. The molecular formula is C10H17NO2S. The first-order valence-corrected chi connectivity index (χ1v) is 6.85. The van der Waals surface area contributed by atoms with Crippen molar-refractivity contribution in [3.05, 3.63) is 0 Å². The van der Waals surface area contributed by atoms with Gasteiger partial charge in [0.1, 0.15) is 5.44 Å². The minimum atomic E-state index is -0.755. The summed E-state index contributed by atoms with van der Waals surface area (Å²) in [4.78, 5) is 2.47. The third kappa shape index (κ3) is 1.20. The molecule has 0 aromatic rings. The summed E-state index contributed by atoms with van der Waals surface area (Å²) >= 11 is 0. The van der Waals surface area contributed by atoms with E-state index in [4.69, 9.17) is 4.74 Å². The van der Waals surface area contributed by atoms with Gasteiger partial charge in [-0.25, -0.2) is 0 Å². The number of ether oxygens (including phenoxy) is 1. The fraction of sp³-hybridized carbons (Fsp3) is 1.00. The lowest BCUT2D eigenvalue weighted by Gasteiger charge is -2.50. The summed E-state index contributed by atoms with van der Waals surface area (Å²) in [6.45, 7) is 5.41. The Morgan fingerprint density at radius 2 is 2.14 bits per heavy atom. The molecule has 1 spiro atoms.